The van der Waals surface area contributed by atoms with Crippen LogP contribution in [0.15, 0.2) is 36.7 Å². The average molecular weight is 315 g/mol. The lowest BCUT2D eigenvalue weighted by Crippen LogP contribution is -2.33. The first kappa shape index (κ1) is 15.3. The number of aromatic nitrogens is 3. The molecule has 0 aromatic carbocycles. The van der Waals surface area contributed by atoms with Crippen LogP contribution in [0.2, 0.25) is 0 Å². The van der Waals surface area contributed by atoms with Gasteiger partial charge >= 0.3 is 0 Å². The minimum Gasteiger partial charge on any atom is -0.471 e. The highest BCUT2D eigenvalue weighted by Gasteiger charge is 2.27. The summed E-state index contributed by atoms with van der Waals surface area (Å²) in [5, 5.41) is 8.16. The number of likely N-dealkylation sites (tertiary alicyclic amines) is 1. The zero-order valence-corrected chi connectivity index (χ0v) is 13.4. The van der Waals surface area contributed by atoms with E-state index in [-0.39, 0.29) is 12.0 Å². The molecule has 7 heteroatoms. The van der Waals surface area contributed by atoms with Crippen molar-refractivity contribution in [3.63, 3.8) is 0 Å². The largest absolute Gasteiger partial charge is 0.471 e. The van der Waals surface area contributed by atoms with E-state index >= 15 is 0 Å². The molecule has 7 nitrogen and oxygen atoms in total. The molecule has 3 heterocycles. The molecule has 23 heavy (non-hydrogen) atoms. The van der Waals surface area contributed by atoms with Crippen molar-refractivity contribution in [2.24, 2.45) is 0 Å². The van der Waals surface area contributed by atoms with Crippen LogP contribution in [-0.4, -0.2) is 58.9 Å². The molecule has 1 aliphatic heterocycles. The minimum absolute atomic E-state index is 0.0249. The first-order valence-corrected chi connectivity index (χ1v) is 7.68. The summed E-state index contributed by atoms with van der Waals surface area (Å²) >= 11 is 0. The second-order valence-electron chi connectivity index (χ2n) is 5.85. The van der Waals surface area contributed by atoms with Gasteiger partial charge in [-0.2, -0.15) is 0 Å². The Kier molecular flexibility index (Phi) is 4.45. The van der Waals surface area contributed by atoms with E-state index in [1.807, 2.05) is 65.1 Å². The molecular weight excluding hydrogens is 294 g/mol. The number of anilines is 1. The van der Waals surface area contributed by atoms with Gasteiger partial charge in [-0.1, -0.05) is 0 Å². The Morgan fingerprint density at radius 2 is 2.09 bits per heavy atom. The predicted molar refractivity (Wildman–Crippen MR) is 86.4 cm³/mol. The summed E-state index contributed by atoms with van der Waals surface area (Å²) in [6, 6.07) is 7.51. The zero-order chi connectivity index (χ0) is 16.2. The van der Waals surface area contributed by atoms with Crippen LogP contribution in [0, 0.1) is 0 Å². The smallest absolute Gasteiger partial charge is 0.242 e. The molecule has 1 unspecified atom stereocenters. The third kappa shape index (κ3) is 3.80. The van der Waals surface area contributed by atoms with Gasteiger partial charge in [0, 0.05) is 45.5 Å². The lowest BCUT2D eigenvalue weighted by Gasteiger charge is -2.17. The number of hydrogen-bond donors (Lipinski definition) is 0. The summed E-state index contributed by atoms with van der Waals surface area (Å²) in [7, 11) is 3.82. The van der Waals surface area contributed by atoms with Crippen LogP contribution in [-0.2, 0) is 11.3 Å². The first-order chi connectivity index (χ1) is 11.1. The van der Waals surface area contributed by atoms with E-state index in [0.717, 1.165) is 12.2 Å². The van der Waals surface area contributed by atoms with Crippen LogP contribution in [0.25, 0.3) is 0 Å². The molecule has 1 atom stereocenters. The normalized spacial score (nSPS) is 17.3. The van der Waals surface area contributed by atoms with Crippen LogP contribution in [0.4, 0.5) is 5.82 Å². The number of carbonyl (C=O) groups is 1. The summed E-state index contributed by atoms with van der Waals surface area (Å²) in [5.41, 5.74) is 0. The topological polar surface area (TPSA) is 63.5 Å². The first-order valence-electron chi connectivity index (χ1n) is 7.68. The highest BCUT2D eigenvalue weighted by atomic mass is 16.5. The molecule has 0 bridgehead atoms. The molecule has 0 radical (unpaired) electrons. The predicted octanol–water partition coefficient (Wildman–Crippen LogP) is 1.02. The second-order valence-corrected chi connectivity index (χ2v) is 5.85. The van der Waals surface area contributed by atoms with Gasteiger partial charge in [0.25, 0.3) is 0 Å². The van der Waals surface area contributed by atoms with Gasteiger partial charge in [-0.25, -0.2) is 0 Å². The highest BCUT2D eigenvalue weighted by molar-refractivity contribution is 5.76. The fourth-order valence-electron chi connectivity index (χ4n) is 2.57. The van der Waals surface area contributed by atoms with Crippen LogP contribution >= 0.6 is 0 Å². The zero-order valence-electron chi connectivity index (χ0n) is 13.4. The quantitative estimate of drug-likeness (QED) is 0.824. The maximum absolute atomic E-state index is 12.2. The van der Waals surface area contributed by atoms with E-state index in [2.05, 4.69) is 10.2 Å². The standard InChI is InChI=1S/C16H21N5O2/c1-19(2)14-5-6-15(18-17-14)23-13-7-10-21(11-13)16(22)12-20-8-3-4-9-20/h3-6,8-9,13H,7,10-12H2,1-2H3. The summed E-state index contributed by atoms with van der Waals surface area (Å²) in [6.07, 6.45) is 4.57. The molecule has 122 valence electrons. The van der Waals surface area contributed by atoms with E-state index in [1.54, 1.807) is 0 Å². The number of nitrogens with zero attached hydrogens (tertiary/aromatic N) is 5. The average Bonchev–Trinajstić information content (AvgIpc) is 3.19. The number of hydrogen-bond acceptors (Lipinski definition) is 5. The van der Waals surface area contributed by atoms with Crippen molar-refractivity contribution in [2.75, 3.05) is 32.1 Å². The molecule has 2 aromatic rings. The van der Waals surface area contributed by atoms with Crippen LogP contribution in [0.5, 0.6) is 5.88 Å². The van der Waals surface area contributed by atoms with Gasteiger partial charge in [0.2, 0.25) is 11.8 Å². The van der Waals surface area contributed by atoms with Gasteiger partial charge in [0.15, 0.2) is 5.82 Å². The Balaban J connectivity index is 1.52. The maximum Gasteiger partial charge on any atom is 0.242 e. The Morgan fingerprint density at radius 1 is 1.30 bits per heavy atom. The molecule has 1 fully saturated rings. The number of ether oxygens (including phenoxy) is 1. The summed E-state index contributed by atoms with van der Waals surface area (Å²) in [5.74, 6) is 1.40. The minimum atomic E-state index is -0.0249. The molecule has 0 aliphatic carbocycles. The van der Waals surface area contributed by atoms with E-state index in [4.69, 9.17) is 4.74 Å². The van der Waals surface area contributed by atoms with Gasteiger partial charge in [-0.05, 0) is 18.2 Å². The SMILES string of the molecule is CN(C)c1ccc(OC2CCN(C(=O)Cn3cccc3)C2)nn1. The molecule has 0 saturated carbocycles. The van der Waals surface area contributed by atoms with Gasteiger partial charge in [0.05, 0.1) is 6.54 Å². The van der Waals surface area contributed by atoms with E-state index < -0.39 is 0 Å². The Bertz CT molecular complexity index is 639. The van der Waals surface area contributed by atoms with Crippen molar-refractivity contribution in [3.8, 4) is 5.88 Å². The van der Waals surface area contributed by atoms with Crippen molar-refractivity contribution >= 4 is 11.7 Å². The third-order valence-corrected chi connectivity index (χ3v) is 3.85. The molecule has 1 aliphatic rings. The summed E-state index contributed by atoms with van der Waals surface area (Å²) in [6.45, 7) is 1.68. The lowest BCUT2D eigenvalue weighted by molar-refractivity contribution is -0.131. The number of rotatable bonds is 5. The number of carbonyl (C=O) groups excluding carboxylic acids is 1. The molecule has 0 spiro atoms. The van der Waals surface area contributed by atoms with Crippen molar-refractivity contribution in [3.05, 3.63) is 36.7 Å². The van der Waals surface area contributed by atoms with Crippen molar-refractivity contribution in [1.82, 2.24) is 19.7 Å². The lowest BCUT2D eigenvalue weighted by atomic mass is 10.3. The fourth-order valence-corrected chi connectivity index (χ4v) is 2.57. The third-order valence-electron chi connectivity index (χ3n) is 3.85. The molecule has 1 amide bonds. The fraction of sp³-hybridized carbons (Fsp3) is 0.438. The Morgan fingerprint density at radius 3 is 2.74 bits per heavy atom. The molecule has 0 N–H and O–H groups in total. The van der Waals surface area contributed by atoms with Gasteiger partial charge in [-0.15, -0.1) is 10.2 Å². The second kappa shape index (κ2) is 6.68. The summed E-state index contributed by atoms with van der Waals surface area (Å²) < 4.78 is 7.71. The van der Waals surface area contributed by atoms with Crippen molar-refractivity contribution in [1.29, 1.82) is 0 Å². The molecular formula is C16H21N5O2. The van der Waals surface area contributed by atoms with Crippen LogP contribution < -0.4 is 9.64 Å². The van der Waals surface area contributed by atoms with E-state index in [9.17, 15) is 4.79 Å². The van der Waals surface area contributed by atoms with E-state index in [1.165, 1.54) is 0 Å². The molecule has 2 aromatic heterocycles. The van der Waals surface area contributed by atoms with Crippen LogP contribution in [0.1, 0.15) is 6.42 Å². The maximum atomic E-state index is 12.2. The summed E-state index contributed by atoms with van der Waals surface area (Å²) in [4.78, 5) is 16.0. The Hall–Kier alpha value is -2.57. The van der Waals surface area contributed by atoms with E-state index in [0.29, 0.717) is 25.5 Å². The van der Waals surface area contributed by atoms with Gasteiger partial charge in [-0.3, -0.25) is 4.79 Å². The van der Waals surface area contributed by atoms with Crippen molar-refractivity contribution in [2.45, 2.75) is 19.1 Å². The van der Waals surface area contributed by atoms with Gasteiger partial charge in [0.1, 0.15) is 12.6 Å². The molecule has 3 rings (SSSR count). The Labute approximate surface area is 135 Å². The van der Waals surface area contributed by atoms with Crippen LogP contribution in [0.3, 0.4) is 0 Å². The monoisotopic (exact) mass is 315 g/mol. The number of amides is 1. The van der Waals surface area contributed by atoms with Crippen molar-refractivity contribution < 1.29 is 9.53 Å². The highest BCUT2D eigenvalue weighted by Crippen LogP contribution is 2.18. The molecule has 1 saturated heterocycles. The van der Waals surface area contributed by atoms with Gasteiger partial charge < -0.3 is 19.1 Å².